The molecule has 3 aromatic rings. The van der Waals surface area contributed by atoms with Crippen molar-refractivity contribution in [3.05, 3.63) is 69.9 Å². The van der Waals surface area contributed by atoms with Crippen molar-refractivity contribution in [2.24, 2.45) is 0 Å². The van der Waals surface area contributed by atoms with Crippen LogP contribution in [0.1, 0.15) is 64.5 Å². The molecule has 1 aliphatic carbocycles. The molecule has 6 heteroatoms. The molecular weight excluding hydrogens is 404 g/mol. The summed E-state index contributed by atoms with van der Waals surface area (Å²) >= 11 is 0. The Morgan fingerprint density at radius 1 is 1.09 bits per heavy atom. The number of fused-ring (bicyclic) bond motifs is 1. The largest absolute Gasteiger partial charge is 0.495 e. The molecule has 166 valence electrons. The molecule has 2 fully saturated rings. The maximum atomic E-state index is 15.0. The molecule has 0 spiro atoms. The highest BCUT2D eigenvalue weighted by Gasteiger charge is 2.52. The first-order valence-electron chi connectivity index (χ1n) is 11.5. The van der Waals surface area contributed by atoms with Crippen LogP contribution in [0.3, 0.4) is 0 Å². The predicted octanol–water partition coefficient (Wildman–Crippen LogP) is 4.87. The van der Waals surface area contributed by atoms with Gasteiger partial charge < -0.3 is 9.31 Å². The second kappa shape index (κ2) is 7.29. The van der Waals surface area contributed by atoms with Gasteiger partial charge in [0.2, 0.25) is 0 Å². The number of halogens is 1. The van der Waals surface area contributed by atoms with Gasteiger partial charge in [-0.2, -0.15) is 0 Å². The number of aromatic nitrogens is 1. The maximum absolute atomic E-state index is 15.0. The normalized spacial score (nSPS) is 19.6. The van der Waals surface area contributed by atoms with E-state index in [9.17, 15) is 4.79 Å². The molecule has 5 rings (SSSR count). The molecule has 2 aliphatic rings. The second-order valence-electron chi connectivity index (χ2n) is 10.0. The van der Waals surface area contributed by atoms with E-state index in [0.717, 1.165) is 35.1 Å². The third kappa shape index (κ3) is 3.32. The molecular formula is C26H29BFNO3. The molecule has 1 aromatic heterocycles. The van der Waals surface area contributed by atoms with Crippen molar-refractivity contribution in [1.82, 2.24) is 4.57 Å². The van der Waals surface area contributed by atoms with E-state index in [0.29, 0.717) is 17.7 Å². The Morgan fingerprint density at radius 3 is 2.41 bits per heavy atom. The highest BCUT2D eigenvalue weighted by molar-refractivity contribution is 6.62. The zero-order valence-corrected chi connectivity index (χ0v) is 19.4. The van der Waals surface area contributed by atoms with Gasteiger partial charge in [-0.15, -0.1) is 0 Å². The Morgan fingerprint density at radius 2 is 1.78 bits per heavy atom. The number of pyridine rings is 1. The molecule has 32 heavy (non-hydrogen) atoms. The zero-order valence-electron chi connectivity index (χ0n) is 19.4. The molecule has 0 radical (unpaired) electrons. The number of nitrogens with zero attached hydrogens (tertiary/aromatic N) is 1. The molecule has 2 heterocycles. The van der Waals surface area contributed by atoms with E-state index in [1.165, 1.54) is 6.07 Å². The summed E-state index contributed by atoms with van der Waals surface area (Å²) in [6.45, 7) is 10.1. The standard InChI is InChI=1S/C26H29BFNO3/c1-6-19-20(27-31-25(2,3)26(4,5)32-27)8-7-9-22(19)29-13-12-17-14-18(16-10-11-16)15-21(28)23(17)24(29)30/h7-9,12-16H,6,10-11H2,1-5H3. The average Bonchev–Trinajstić information content (AvgIpc) is 3.54. The lowest BCUT2D eigenvalue weighted by atomic mass is 9.75. The summed E-state index contributed by atoms with van der Waals surface area (Å²) in [5, 5.41) is 0.799. The minimum atomic E-state index is -0.524. The molecule has 1 saturated carbocycles. The van der Waals surface area contributed by atoms with Crippen LogP contribution >= 0.6 is 0 Å². The number of hydrogen-bond acceptors (Lipinski definition) is 3. The number of rotatable bonds is 4. The summed E-state index contributed by atoms with van der Waals surface area (Å²) in [5.41, 5.74) is 2.33. The molecule has 1 aliphatic heterocycles. The van der Waals surface area contributed by atoms with Crippen LogP contribution < -0.4 is 11.0 Å². The summed E-state index contributed by atoms with van der Waals surface area (Å²) in [6, 6.07) is 11.1. The Balaban J connectivity index is 1.63. The van der Waals surface area contributed by atoms with Crippen LogP contribution in [0.4, 0.5) is 4.39 Å². The molecule has 0 amide bonds. The van der Waals surface area contributed by atoms with Gasteiger partial charge in [0.25, 0.3) is 5.56 Å². The molecule has 0 unspecified atom stereocenters. The Bertz CT molecular complexity index is 1260. The van der Waals surface area contributed by atoms with Crippen LogP contribution in [0.2, 0.25) is 0 Å². The van der Waals surface area contributed by atoms with Crippen molar-refractivity contribution >= 4 is 23.4 Å². The summed E-state index contributed by atoms with van der Waals surface area (Å²) in [5.74, 6) is -0.0106. The fourth-order valence-electron chi connectivity index (χ4n) is 4.59. The van der Waals surface area contributed by atoms with Crippen molar-refractivity contribution in [3.63, 3.8) is 0 Å². The van der Waals surface area contributed by atoms with Gasteiger partial charge >= 0.3 is 7.12 Å². The van der Waals surface area contributed by atoms with E-state index < -0.39 is 24.1 Å². The first kappa shape index (κ1) is 21.4. The highest BCUT2D eigenvalue weighted by atomic mass is 19.1. The predicted molar refractivity (Wildman–Crippen MR) is 127 cm³/mol. The Labute approximate surface area is 188 Å². The summed E-state index contributed by atoms with van der Waals surface area (Å²) in [4.78, 5) is 13.4. The molecule has 2 aromatic carbocycles. The Hall–Kier alpha value is -2.44. The molecule has 0 atom stereocenters. The first-order valence-corrected chi connectivity index (χ1v) is 11.5. The Kier molecular flexibility index (Phi) is 4.88. The molecule has 0 N–H and O–H groups in total. The van der Waals surface area contributed by atoms with Gasteiger partial charge in [0.15, 0.2) is 0 Å². The van der Waals surface area contributed by atoms with Gasteiger partial charge in [-0.05, 0) is 93.1 Å². The SMILES string of the molecule is CCc1c(B2OC(C)(C)C(C)(C)O2)cccc1-n1ccc2cc(C3CC3)cc(F)c2c1=O. The monoisotopic (exact) mass is 433 g/mol. The van der Waals surface area contributed by atoms with Gasteiger partial charge in [-0.3, -0.25) is 9.36 Å². The van der Waals surface area contributed by atoms with Gasteiger partial charge in [-0.25, -0.2) is 4.39 Å². The van der Waals surface area contributed by atoms with E-state index >= 15 is 4.39 Å². The van der Waals surface area contributed by atoms with Gasteiger partial charge in [0.05, 0.1) is 22.3 Å². The van der Waals surface area contributed by atoms with E-state index in [1.54, 1.807) is 10.8 Å². The smallest absolute Gasteiger partial charge is 0.399 e. The fourth-order valence-corrected chi connectivity index (χ4v) is 4.59. The fraction of sp³-hybridized carbons (Fsp3) is 0.423. The van der Waals surface area contributed by atoms with E-state index in [-0.39, 0.29) is 10.9 Å². The lowest BCUT2D eigenvalue weighted by Crippen LogP contribution is -2.41. The van der Waals surface area contributed by atoms with Gasteiger partial charge in [0.1, 0.15) is 5.82 Å². The van der Waals surface area contributed by atoms with Crippen molar-refractivity contribution in [3.8, 4) is 5.69 Å². The molecule has 0 bridgehead atoms. The van der Waals surface area contributed by atoms with E-state index in [2.05, 4.69) is 0 Å². The quantitative estimate of drug-likeness (QED) is 0.552. The van der Waals surface area contributed by atoms with Gasteiger partial charge in [-0.1, -0.05) is 25.1 Å². The third-order valence-corrected chi connectivity index (χ3v) is 7.34. The zero-order chi connectivity index (χ0) is 22.8. The summed E-state index contributed by atoms with van der Waals surface area (Å²) in [7, 11) is -0.524. The van der Waals surface area contributed by atoms with Crippen LogP contribution in [0.25, 0.3) is 16.5 Å². The van der Waals surface area contributed by atoms with Crippen molar-refractivity contribution in [1.29, 1.82) is 0 Å². The second-order valence-corrected chi connectivity index (χ2v) is 10.0. The molecule has 1 saturated heterocycles. The van der Waals surface area contributed by atoms with E-state index in [4.69, 9.17) is 9.31 Å². The van der Waals surface area contributed by atoms with Crippen molar-refractivity contribution in [2.45, 2.75) is 71.0 Å². The average molecular weight is 433 g/mol. The van der Waals surface area contributed by atoms with E-state index in [1.807, 2.05) is 65.0 Å². The number of hydrogen-bond donors (Lipinski definition) is 0. The van der Waals surface area contributed by atoms with Gasteiger partial charge in [0, 0.05) is 6.20 Å². The van der Waals surface area contributed by atoms with Crippen LogP contribution in [0.5, 0.6) is 0 Å². The highest BCUT2D eigenvalue weighted by Crippen LogP contribution is 2.41. The van der Waals surface area contributed by atoms with Crippen LogP contribution in [-0.2, 0) is 15.7 Å². The van der Waals surface area contributed by atoms with Crippen molar-refractivity contribution < 1.29 is 13.7 Å². The van der Waals surface area contributed by atoms with Crippen molar-refractivity contribution in [2.75, 3.05) is 0 Å². The minimum Gasteiger partial charge on any atom is -0.399 e. The maximum Gasteiger partial charge on any atom is 0.495 e. The topological polar surface area (TPSA) is 40.5 Å². The lowest BCUT2D eigenvalue weighted by Gasteiger charge is -2.32. The summed E-state index contributed by atoms with van der Waals surface area (Å²) < 4.78 is 29.1. The summed E-state index contributed by atoms with van der Waals surface area (Å²) in [6.07, 6.45) is 4.62. The number of benzene rings is 2. The molecule has 4 nitrogen and oxygen atoms in total. The lowest BCUT2D eigenvalue weighted by molar-refractivity contribution is 0.00578. The minimum absolute atomic E-state index is 0.139. The van der Waals surface area contributed by atoms with Crippen LogP contribution in [0.15, 0.2) is 47.4 Å². The third-order valence-electron chi connectivity index (χ3n) is 7.34. The van der Waals surface area contributed by atoms with Crippen LogP contribution in [0, 0.1) is 5.82 Å². The first-order chi connectivity index (χ1) is 15.1. The van der Waals surface area contributed by atoms with Crippen LogP contribution in [-0.4, -0.2) is 22.9 Å².